The van der Waals surface area contributed by atoms with Crippen LogP contribution in [0.1, 0.15) is 13.8 Å². The average Bonchev–Trinajstić information content (AvgIpc) is 2.92. The summed E-state index contributed by atoms with van der Waals surface area (Å²) < 4.78 is 24.9. The van der Waals surface area contributed by atoms with Gasteiger partial charge in [-0.25, -0.2) is 18.1 Å². The number of nitrogens with one attached hydrogen (secondary N) is 1. The second-order valence-corrected chi connectivity index (χ2v) is 6.97. The van der Waals surface area contributed by atoms with Crippen molar-refractivity contribution >= 4 is 15.5 Å². The van der Waals surface area contributed by atoms with Gasteiger partial charge in [0.15, 0.2) is 15.7 Å². The molecule has 0 aliphatic carbocycles. The molecule has 2 aromatic heterocycles. The van der Waals surface area contributed by atoms with Gasteiger partial charge in [-0.15, -0.1) is 0 Å². The molecule has 0 amide bonds. The molecule has 108 valence electrons. The van der Waals surface area contributed by atoms with Gasteiger partial charge in [0.1, 0.15) is 0 Å². The van der Waals surface area contributed by atoms with Gasteiger partial charge in [0, 0.05) is 30.4 Å². The van der Waals surface area contributed by atoms with Gasteiger partial charge in [0.05, 0.1) is 11.4 Å². The lowest BCUT2D eigenvalue weighted by Crippen LogP contribution is -2.27. The SMILES string of the molecule is CCS(=O)(=O)CC(C)Nc1cccnc1-n1cccn1. The highest BCUT2D eigenvalue weighted by Crippen LogP contribution is 2.17. The van der Waals surface area contributed by atoms with Crippen molar-refractivity contribution in [2.75, 3.05) is 16.8 Å². The van der Waals surface area contributed by atoms with E-state index in [0.717, 1.165) is 5.69 Å². The van der Waals surface area contributed by atoms with E-state index in [2.05, 4.69) is 15.4 Å². The van der Waals surface area contributed by atoms with Crippen LogP contribution in [-0.2, 0) is 9.84 Å². The first-order chi connectivity index (χ1) is 9.52. The molecule has 1 unspecified atom stereocenters. The molecule has 2 aromatic rings. The van der Waals surface area contributed by atoms with Gasteiger partial charge >= 0.3 is 0 Å². The minimum atomic E-state index is -3.01. The summed E-state index contributed by atoms with van der Waals surface area (Å²) >= 11 is 0. The normalized spacial score (nSPS) is 13.1. The molecule has 0 aliphatic heterocycles. The van der Waals surface area contributed by atoms with Crippen LogP contribution in [0.15, 0.2) is 36.8 Å². The molecule has 0 aliphatic rings. The summed E-state index contributed by atoms with van der Waals surface area (Å²) in [6.45, 7) is 3.49. The molecule has 1 atom stereocenters. The Morgan fingerprint density at radius 2 is 2.15 bits per heavy atom. The number of aromatic nitrogens is 3. The molecule has 0 aromatic carbocycles. The van der Waals surface area contributed by atoms with Crippen molar-refractivity contribution in [3.8, 4) is 5.82 Å². The van der Waals surface area contributed by atoms with Crippen LogP contribution in [0.25, 0.3) is 5.82 Å². The lowest BCUT2D eigenvalue weighted by atomic mass is 10.3. The van der Waals surface area contributed by atoms with E-state index in [1.807, 2.05) is 19.1 Å². The Morgan fingerprint density at radius 3 is 2.80 bits per heavy atom. The minimum Gasteiger partial charge on any atom is -0.379 e. The Kier molecular flexibility index (Phi) is 4.39. The van der Waals surface area contributed by atoms with E-state index in [9.17, 15) is 8.42 Å². The van der Waals surface area contributed by atoms with Gasteiger partial charge in [-0.05, 0) is 25.1 Å². The summed E-state index contributed by atoms with van der Waals surface area (Å²) in [5.74, 6) is 0.896. The van der Waals surface area contributed by atoms with Crippen LogP contribution in [0.2, 0.25) is 0 Å². The zero-order chi connectivity index (χ0) is 14.6. The second kappa shape index (κ2) is 6.04. The predicted molar refractivity (Wildman–Crippen MR) is 78.8 cm³/mol. The van der Waals surface area contributed by atoms with Gasteiger partial charge in [-0.3, -0.25) is 0 Å². The monoisotopic (exact) mass is 294 g/mol. The smallest absolute Gasteiger partial charge is 0.176 e. The van der Waals surface area contributed by atoms with Crippen molar-refractivity contribution in [1.82, 2.24) is 14.8 Å². The number of sulfone groups is 1. The molecule has 0 fully saturated rings. The van der Waals surface area contributed by atoms with Crippen LogP contribution >= 0.6 is 0 Å². The molecule has 1 N–H and O–H groups in total. The zero-order valence-electron chi connectivity index (χ0n) is 11.5. The van der Waals surface area contributed by atoms with Crippen LogP contribution in [0.5, 0.6) is 0 Å². The molecule has 2 heterocycles. The van der Waals surface area contributed by atoms with Crippen molar-refractivity contribution in [1.29, 1.82) is 0 Å². The van der Waals surface area contributed by atoms with Crippen LogP contribution in [0.3, 0.4) is 0 Å². The topological polar surface area (TPSA) is 76.9 Å². The lowest BCUT2D eigenvalue weighted by Gasteiger charge is -2.17. The highest BCUT2D eigenvalue weighted by Gasteiger charge is 2.15. The first-order valence-corrected chi connectivity index (χ1v) is 8.26. The van der Waals surface area contributed by atoms with Crippen LogP contribution in [-0.4, -0.2) is 40.7 Å². The Morgan fingerprint density at radius 1 is 1.35 bits per heavy atom. The summed E-state index contributed by atoms with van der Waals surface area (Å²) in [6.07, 6.45) is 5.14. The maximum atomic E-state index is 11.6. The van der Waals surface area contributed by atoms with Gasteiger partial charge in [-0.1, -0.05) is 6.92 Å². The summed E-state index contributed by atoms with van der Waals surface area (Å²) in [5.41, 5.74) is 0.759. The van der Waals surface area contributed by atoms with E-state index < -0.39 is 9.84 Å². The lowest BCUT2D eigenvalue weighted by molar-refractivity contribution is 0.593. The molecule has 0 radical (unpaired) electrons. The third kappa shape index (κ3) is 3.57. The van der Waals surface area contributed by atoms with Gasteiger partial charge < -0.3 is 5.32 Å². The minimum absolute atomic E-state index is 0.0942. The molecule has 7 heteroatoms. The fourth-order valence-electron chi connectivity index (χ4n) is 1.89. The highest BCUT2D eigenvalue weighted by atomic mass is 32.2. The van der Waals surface area contributed by atoms with E-state index in [1.54, 1.807) is 36.3 Å². The molecule has 0 bridgehead atoms. The van der Waals surface area contributed by atoms with Crippen molar-refractivity contribution in [3.05, 3.63) is 36.8 Å². The Labute approximate surface area is 118 Å². The molecule has 0 saturated carbocycles. The van der Waals surface area contributed by atoms with Gasteiger partial charge in [-0.2, -0.15) is 5.10 Å². The van der Waals surface area contributed by atoms with Crippen LogP contribution in [0.4, 0.5) is 5.69 Å². The standard InChI is InChI=1S/C13H18N4O2S/c1-3-20(18,19)10-11(2)16-12-6-4-7-14-13(12)17-9-5-8-15-17/h4-9,11,16H,3,10H2,1-2H3. The fourth-order valence-corrected chi connectivity index (χ4v) is 2.97. The molecule has 0 saturated heterocycles. The number of nitrogens with zero attached hydrogens (tertiary/aromatic N) is 3. The number of anilines is 1. The zero-order valence-corrected chi connectivity index (χ0v) is 12.3. The largest absolute Gasteiger partial charge is 0.379 e. The number of pyridine rings is 1. The Balaban J connectivity index is 2.18. The van der Waals surface area contributed by atoms with Gasteiger partial charge in [0.2, 0.25) is 0 Å². The second-order valence-electron chi connectivity index (χ2n) is 4.57. The molecule has 0 spiro atoms. The maximum Gasteiger partial charge on any atom is 0.176 e. The number of hydrogen-bond acceptors (Lipinski definition) is 5. The van der Waals surface area contributed by atoms with E-state index in [-0.39, 0.29) is 17.5 Å². The van der Waals surface area contributed by atoms with Crippen molar-refractivity contribution in [3.63, 3.8) is 0 Å². The average molecular weight is 294 g/mol. The van der Waals surface area contributed by atoms with Crippen LogP contribution in [0, 0.1) is 0 Å². The summed E-state index contributed by atoms with van der Waals surface area (Å²) in [6, 6.07) is 5.28. The van der Waals surface area contributed by atoms with Crippen molar-refractivity contribution < 1.29 is 8.42 Å². The first-order valence-electron chi connectivity index (χ1n) is 6.44. The number of hydrogen-bond donors (Lipinski definition) is 1. The Bertz CT molecular complexity index is 653. The quantitative estimate of drug-likeness (QED) is 0.873. The van der Waals surface area contributed by atoms with E-state index in [0.29, 0.717) is 5.82 Å². The third-order valence-corrected chi connectivity index (χ3v) is 4.74. The Hall–Kier alpha value is -1.89. The van der Waals surface area contributed by atoms with E-state index in [1.165, 1.54) is 0 Å². The molecule has 6 nitrogen and oxygen atoms in total. The number of rotatable bonds is 6. The highest BCUT2D eigenvalue weighted by molar-refractivity contribution is 7.91. The van der Waals surface area contributed by atoms with Crippen molar-refractivity contribution in [2.45, 2.75) is 19.9 Å². The third-order valence-electron chi connectivity index (χ3n) is 2.85. The van der Waals surface area contributed by atoms with E-state index in [4.69, 9.17) is 0 Å². The molecular weight excluding hydrogens is 276 g/mol. The molecule has 2 rings (SSSR count). The van der Waals surface area contributed by atoms with Crippen LogP contribution < -0.4 is 5.32 Å². The summed E-state index contributed by atoms with van der Waals surface area (Å²) in [7, 11) is -3.01. The first kappa shape index (κ1) is 14.5. The maximum absolute atomic E-state index is 11.6. The van der Waals surface area contributed by atoms with Gasteiger partial charge in [0.25, 0.3) is 0 Å². The molecular formula is C13H18N4O2S. The molecule has 20 heavy (non-hydrogen) atoms. The fraction of sp³-hybridized carbons (Fsp3) is 0.385. The summed E-state index contributed by atoms with van der Waals surface area (Å²) in [5, 5.41) is 7.33. The summed E-state index contributed by atoms with van der Waals surface area (Å²) in [4.78, 5) is 4.28. The van der Waals surface area contributed by atoms with E-state index >= 15 is 0 Å². The van der Waals surface area contributed by atoms with Crippen molar-refractivity contribution in [2.24, 2.45) is 0 Å². The predicted octanol–water partition coefficient (Wildman–Crippen LogP) is 1.50.